The zero-order chi connectivity index (χ0) is 23.4. The van der Waals surface area contributed by atoms with Gasteiger partial charge in [-0.05, 0) is 47.9 Å². The summed E-state index contributed by atoms with van der Waals surface area (Å²) in [5, 5.41) is 3.79. The van der Waals surface area contributed by atoms with E-state index >= 15 is 0 Å². The van der Waals surface area contributed by atoms with Crippen LogP contribution >= 0.6 is 23.4 Å². The topological polar surface area (TPSA) is 62.3 Å². The van der Waals surface area contributed by atoms with Gasteiger partial charge in [-0.25, -0.2) is 0 Å². The number of halogens is 1. The van der Waals surface area contributed by atoms with Crippen molar-refractivity contribution >= 4 is 40.7 Å². The van der Waals surface area contributed by atoms with E-state index in [-0.39, 0.29) is 23.7 Å². The van der Waals surface area contributed by atoms with Gasteiger partial charge in [0.1, 0.15) is 5.54 Å². The average Bonchev–Trinajstić information content (AvgIpc) is 3.53. The lowest BCUT2D eigenvalue weighted by atomic mass is 9.69. The van der Waals surface area contributed by atoms with Crippen LogP contribution in [0.25, 0.3) is 0 Å². The number of fused-ring (bicyclic) bond motifs is 4. The maximum Gasteiger partial charge on any atom is 0.250 e. The van der Waals surface area contributed by atoms with Crippen molar-refractivity contribution in [2.75, 3.05) is 16.9 Å². The predicted octanol–water partition coefficient (Wildman–Crippen LogP) is 5.12. The molecule has 1 aromatic heterocycles. The number of carbonyl (C=O) groups is 2. The van der Waals surface area contributed by atoms with E-state index in [1.165, 1.54) is 0 Å². The van der Waals surface area contributed by atoms with Gasteiger partial charge in [0, 0.05) is 57.8 Å². The van der Waals surface area contributed by atoms with E-state index in [4.69, 9.17) is 11.6 Å². The molecule has 3 aliphatic rings. The molecule has 6 rings (SSSR count). The van der Waals surface area contributed by atoms with Crippen LogP contribution in [0.15, 0.2) is 67.0 Å². The third-order valence-electron chi connectivity index (χ3n) is 7.58. The molecule has 7 heteroatoms. The summed E-state index contributed by atoms with van der Waals surface area (Å²) in [7, 11) is 0. The number of carbonyl (C=O) groups excluding carboxylic acids is 2. The number of ketones is 1. The number of rotatable bonds is 4. The molecule has 0 unspecified atom stereocenters. The lowest BCUT2D eigenvalue weighted by molar-refractivity contribution is -0.127. The summed E-state index contributed by atoms with van der Waals surface area (Å²) in [5.74, 6) is 0.676. The highest BCUT2D eigenvalue weighted by molar-refractivity contribution is 7.99. The van der Waals surface area contributed by atoms with Crippen LogP contribution in [0.4, 0.5) is 5.69 Å². The van der Waals surface area contributed by atoms with Crippen molar-refractivity contribution in [2.45, 2.75) is 30.8 Å². The Balaban J connectivity index is 1.62. The molecule has 0 bridgehead atoms. The molecule has 3 aliphatic heterocycles. The summed E-state index contributed by atoms with van der Waals surface area (Å²) in [6, 6.07) is 17.6. The van der Waals surface area contributed by atoms with E-state index in [2.05, 4.69) is 34.3 Å². The number of thioether (sulfide) groups is 1. The van der Waals surface area contributed by atoms with Crippen molar-refractivity contribution in [1.82, 2.24) is 9.88 Å². The molecular weight excluding hydrogens is 466 g/mol. The van der Waals surface area contributed by atoms with Crippen molar-refractivity contribution in [1.29, 1.82) is 0 Å². The third kappa shape index (κ3) is 3.02. The van der Waals surface area contributed by atoms with Gasteiger partial charge in [-0.3, -0.25) is 19.5 Å². The number of hydrogen-bond donors (Lipinski definition) is 1. The first-order chi connectivity index (χ1) is 16.6. The molecule has 2 aromatic carbocycles. The van der Waals surface area contributed by atoms with Crippen LogP contribution in [0.3, 0.4) is 0 Å². The summed E-state index contributed by atoms with van der Waals surface area (Å²) >= 11 is 8.04. The molecule has 4 heterocycles. The van der Waals surface area contributed by atoms with Gasteiger partial charge in [-0.15, -0.1) is 11.8 Å². The molecule has 2 fully saturated rings. The number of anilines is 1. The Hall–Kier alpha value is -2.67. The van der Waals surface area contributed by atoms with Crippen LogP contribution < -0.4 is 5.32 Å². The van der Waals surface area contributed by atoms with Gasteiger partial charge in [0.25, 0.3) is 0 Å². The molecular formula is C27H24ClN3O2S. The zero-order valence-electron chi connectivity index (χ0n) is 18.7. The maximum absolute atomic E-state index is 14.3. The predicted molar refractivity (Wildman–Crippen MR) is 135 cm³/mol. The fourth-order valence-corrected chi connectivity index (χ4v) is 7.54. The molecule has 0 radical (unpaired) electrons. The Kier molecular flexibility index (Phi) is 5.28. The van der Waals surface area contributed by atoms with Crippen molar-refractivity contribution < 1.29 is 9.59 Å². The number of nitrogens with one attached hydrogen (secondary N) is 1. The Labute approximate surface area is 207 Å². The van der Waals surface area contributed by atoms with Crippen LogP contribution in [0, 0.1) is 5.92 Å². The standard InChI is InChI=1S/C27H24ClN3O2S/c1-2-16-5-10-21-20(12-16)27(26(33)30-21)24(25(32)18-4-3-11-29-13-18)23(22-14-34-15-31(22)27)17-6-8-19(28)9-7-17/h3-13,22-24H,2,14-15H2,1H3,(H,30,33)/t22-,23-,24-,27+/m0/s1. The highest BCUT2D eigenvalue weighted by Crippen LogP contribution is 2.61. The molecule has 2 saturated heterocycles. The quantitative estimate of drug-likeness (QED) is 0.515. The number of pyridine rings is 1. The van der Waals surface area contributed by atoms with Crippen molar-refractivity contribution in [3.05, 3.63) is 94.3 Å². The van der Waals surface area contributed by atoms with Crippen LogP contribution in [0.5, 0.6) is 0 Å². The summed E-state index contributed by atoms with van der Waals surface area (Å²) in [5.41, 5.74) is 3.38. The van der Waals surface area contributed by atoms with E-state index in [9.17, 15) is 9.59 Å². The second-order valence-electron chi connectivity index (χ2n) is 9.15. The van der Waals surface area contributed by atoms with E-state index in [0.29, 0.717) is 16.5 Å². The van der Waals surface area contributed by atoms with Crippen LogP contribution in [-0.4, -0.2) is 39.2 Å². The van der Waals surface area contributed by atoms with Gasteiger partial charge in [-0.2, -0.15) is 0 Å². The first kappa shape index (κ1) is 21.8. The van der Waals surface area contributed by atoms with Gasteiger partial charge in [0.2, 0.25) is 5.91 Å². The summed E-state index contributed by atoms with van der Waals surface area (Å²) in [4.78, 5) is 34.8. The average molecular weight is 490 g/mol. The van der Waals surface area contributed by atoms with Gasteiger partial charge in [-0.1, -0.05) is 42.8 Å². The van der Waals surface area contributed by atoms with Gasteiger partial charge < -0.3 is 5.32 Å². The monoisotopic (exact) mass is 489 g/mol. The second kappa shape index (κ2) is 8.22. The maximum atomic E-state index is 14.3. The Bertz CT molecular complexity index is 1280. The van der Waals surface area contributed by atoms with E-state index in [0.717, 1.165) is 34.6 Å². The molecule has 1 N–H and O–H groups in total. The second-order valence-corrected chi connectivity index (χ2v) is 10.6. The normalized spacial score (nSPS) is 27.6. The zero-order valence-corrected chi connectivity index (χ0v) is 20.3. The van der Waals surface area contributed by atoms with E-state index in [1.54, 1.807) is 24.5 Å². The van der Waals surface area contributed by atoms with Crippen LogP contribution in [-0.2, 0) is 16.8 Å². The molecule has 1 amide bonds. The third-order valence-corrected chi connectivity index (χ3v) is 8.87. The number of nitrogens with zero attached hydrogens (tertiary/aromatic N) is 2. The SMILES string of the molecule is CCc1ccc2c(c1)[C@]1(C(=O)N2)[C@H](C(=O)c2cccnc2)[C@@H](c2ccc(Cl)cc2)[C@@H]2CSCN21. The van der Waals surface area contributed by atoms with Crippen LogP contribution in [0.1, 0.15) is 39.9 Å². The number of aryl methyl sites for hydroxylation is 1. The highest BCUT2D eigenvalue weighted by atomic mass is 35.5. The van der Waals surface area contributed by atoms with E-state index < -0.39 is 11.5 Å². The summed E-state index contributed by atoms with van der Waals surface area (Å²) in [6.45, 7) is 2.11. The number of hydrogen-bond acceptors (Lipinski definition) is 5. The fourth-order valence-electron chi connectivity index (χ4n) is 6.09. The summed E-state index contributed by atoms with van der Waals surface area (Å²) in [6.07, 6.45) is 4.14. The van der Waals surface area contributed by atoms with Crippen molar-refractivity contribution in [3.8, 4) is 0 Å². The number of aromatic nitrogens is 1. The fraction of sp³-hybridized carbons (Fsp3) is 0.296. The molecule has 0 aliphatic carbocycles. The smallest absolute Gasteiger partial charge is 0.250 e. The van der Waals surface area contributed by atoms with Crippen LogP contribution in [0.2, 0.25) is 5.02 Å². The lowest BCUT2D eigenvalue weighted by Gasteiger charge is -2.36. The van der Waals surface area contributed by atoms with Crippen molar-refractivity contribution in [3.63, 3.8) is 0 Å². The largest absolute Gasteiger partial charge is 0.324 e. The number of benzene rings is 2. The molecule has 4 atom stereocenters. The summed E-state index contributed by atoms with van der Waals surface area (Å²) < 4.78 is 0. The molecule has 172 valence electrons. The van der Waals surface area contributed by atoms with Gasteiger partial charge in [0.05, 0.1) is 5.92 Å². The van der Waals surface area contributed by atoms with Crippen molar-refractivity contribution in [2.24, 2.45) is 5.92 Å². The minimum Gasteiger partial charge on any atom is -0.324 e. The number of Topliss-reactive ketones (excluding diaryl/α,β-unsaturated/α-hetero) is 1. The van der Waals surface area contributed by atoms with Gasteiger partial charge in [0.15, 0.2) is 5.78 Å². The first-order valence-electron chi connectivity index (χ1n) is 11.5. The molecule has 0 saturated carbocycles. The minimum absolute atomic E-state index is 0.0441. The molecule has 1 spiro atoms. The molecule has 34 heavy (non-hydrogen) atoms. The van der Waals surface area contributed by atoms with E-state index in [1.807, 2.05) is 42.1 Å². The Morgan fingerprint density at radius 3 is 2.79 bits per heavy atom. The molecule has 5 nitrogen and oxygen atoms in total. The Morgan fingerprint density at radius 1 is 1.24 bits per heavy atom. The Morgan fingerprint density at radius 2 is 2.06 bits per heavy atom. The minimum atomic E-state index is -1.06. The van der Waals surface area contributed by atoms with Gasteiger partial charge >= 0.3 is 0 Å². The molecule has 3 aromatic rings. The lowest BCUT2D eigenvalue weighted by Crippen LogP contribution is -2.52. The first-order valence-corrected chi connectivity index (χ1v) is 13.1. The highest BCUT2D eigenvalue weighted by Gasteiger charge is 2.69. The number of amides is 1.